The summed E-state index contributed by atoms with van der Waals surface area (Å²) in [7, 11) is 1.22. The number of thioether (sulfide) groups is 1. The molecule has 2 aromatic rings. The van der Waals surface area contributed by atoms with Gasteiger partial charge in [-0.2, -0.15) is 5.26 Å². The smallest absolute Gasteiger partial charge is 0.319 e. The normalized spacial score (nSPS) is 19.0. The number of nitriles is 1. The third kappa shape index (κ3) is 4.06. The molecule has 0 bridgehead atoms. The monoisotopic (exact) mass is 412 g/mol. The van der Waals surface area contributed by atoms with Crippen LogP contribution in [-0.4, -0.2) is 19.0 Å². The number of hydrogen-bond donors (Lipinski definition) is 1. The molecule has 0 saturated heterocycles. The molecule has 0 radical (unpaired) electrons. The number of nitrogens with one attached hydrogen (secondary N) is 1. The molecule has 1 heterocycles. The second-order valence-corrected chi connectivity index (χ2v) is 7.51. The van der Waals surface area contributed by atoms with E-state index in [1.54, 1.807) is 24.3 Å². The summed E-state index contributed by atoms with van der Waals surface area (Å²) in [5.74, 6) is -2.63. The minimum Gasteiger partial charge on any atom is -0.468 e. The number of halogens is 1. The van der Waals surface area contributed by atoms with E-state index >= 15 is 0 Å². The Morgan fingerprint density at radius 2 is 1.89 bits per heavy atom. The van der Waals surface area contributed by atoms with Crippen LogP contribution in [0.25, 0.3) is 0 Å². The van der Waals surface area contributed by atoms with Gasteiger partial charge in [0.2, 0.25) is 5.91 Å². The van der Waals surface area contributed by atoms with E-state index in [9.17, 15) is 14.9 Å². The van der Waals surface area contributed by atoms with Crippen molar-refractivity contribution in [2.75, 3.05) is 7.11 Å². The van der Waals surface area contributed by atoms with Crippen LogP contribution in [0.1, 0.15) is 17.0 Å². The first-order chi connectivity index (χ1) is 13.6. The number of carbonyl (C=O) groups is 2. The Labute approximate surface area is 172 Å². The zero-order valence-corrected chi connectivity index (χ0v) is 16.6. The summed E-state index contributed by atoms with van der Waals surface area (Å²) in [5.41, 5.74) is 1.89. The van der Waals surface area contributed by atoms with Crippen LogP contribution in [0, 0.1) is 17.2 Å². The van der Waals surface area contributed by atoms with E-state index in [0.29, 0.717) is 26.9 Å². The Bertz CT molecular complexity index is 969. The fourth-order valence-corrected chi connectivity index (χ4v) is 4.37. The van der Waals surface area contributed by atoms with E-state index < -0.39 is 23.7 Å². The number of nitrogens with zero attached hydrogens (tertiary/aromatic N) is 1. The SMILES string of the molecule is COC(=O)[C@@H]1C(=O)NC(SCc2ccccc2)=C(C#N)[C@@H]1c1ccccc1Cl. The van der Waals surface area contributed by atoms with Crippen molar-refractivity contribution in [1.29, 1.82) is 5.26 Å². The molecule has 0 fully saturated rings. The van der Waals surface area contributed by atoms with Crippen molar-refractivity contribution in [3.63, 3.8) is 0 Å². The van der Waals surface area contributed by atoms with E-state index in [1.165, 1.54) is 18.9 Å². The molecule has 3 rings (SSSR count). The number of rotatable bonds is 5. The van der Waals surface area contributed by atoms with Crippen LogP contribution in [0.5, 0.6) is 0 Å². The van der Waals surface area contributed by atoms with Crippen LogP contribution in [0.2, 0.25) is 5.02 Å². The number of hydrogen-bond acceptors (Lipinski definition) is 5. The highest BCUT2D eigenvalue weighted by molar-refractivity contribution is 8.02. The van der Waals surface area contributed by atoms with E-state index in [4.69, 9.17) is 16.3 Å². The van der Waals surface area contributed by atoms with Crippen molar-refractivity contribution in [2.24, 2.45) is 5.92 Å². The molecule has 28 heavy (non-hydrogen) atoms. The maximum atomic E-state index is 12.8. The van der Waals surface area contributed by atoms with E-state index in [0.717, 1.165) is 5.56 Å². The quantitative estimate of drug-likeness (QED) is 0.592. The minimum atomic E-state index is -1.18. The molecule has 2 atom stereocenters. The van der Waals surface area contributed by atoms with E-state index in [1.807, 2.05) is 30.3 Å². The summed E-state index contributed by atoms with van der Waals surface area (Å²) in [4.78, 5) is 25.1. The summed E-state index contributed by atoms with van der Waals surface area (Å²) >= 11 is 7.68. The van der Waals surface area contributed by atoms with Crippen molar-refractivity contribution >= 4 is 35.2 Å². The second-order valence-electron chi connectivity index (χ2n) is 6.12. The fraction of sp³-hybridized carbons (Fsp3) is 0.190. The number of carbonyl (C=O) groups excluding carboxylic acids is 2. The van der Waals surface area contributed by atoms with E-state index in [2.05, 4.69) is 11.4 Å². The lowest BCUT2D eigenvalue weighted by molar-refractivity contribution is -0.150. The molecule has 1 amide bonds. The summed E-state index contributed by atoms with van der Waals surface area (Å²) in [6.07, 6.45) is 0. The number of esters is 1. The molecule has 7 heteroatoms. The maximum Gasteiger partial charge on any atom is 0.319 e. The van der Waals surface area contributed by atoms with Gasteiger partial charge < -0.3 is 10.1 Å². The first-order valence-electron chi connectivity index (χ1n) is 8.51. The van der Waals surface area contributed by atoms with Crippen LogP contribution >= 0.6 is 23.4 Å². The molecular weight excluding hydrogens is 396 g/mol. The fourth-order valence-electron chi connectivity index (χ4n) is 3.11. The third-order valence-corrected chi connectivity index (χ3v) is 5.88. The number of methoxy groups -OCH3 is 1. The largest absolute Gasteiger partial charge is 0.468 e. The third-order valence-electron chi connectivity index (χ3n) is 4.45. The maximum absolute atomic E-state index is 12.8. The van der Waals surface area contributed by atoms with Gasteiger partial charge in [-0.05, 0) is 17.2 Å². The number of amides is 1. The van der Waals surface area contributed by atoms with Gasteiger partial charge in [0.05, 0.1) is 23.8 Å². The van der Waals surface area contributed by atoms with Gasteiger partial charge in [-0.25, -0.2) is 0 Å². The standard InChI is InChI=1S/C21H17ClN2O3S/c1-27-21(26)18-17(14-9-5-6-10-16(14)22)15(11-23)20(24-19(18)25)28-12-13-7-3-2-4-8-13/h2-10,17-18H,12H2,1H3,(H,24,25)/t17-,18-/m0/s1. The summed E-state index contributed by atoms with van der Waals surface area (Å²) in [6, 6.07) is 18.8. The molecule has 1 N–H and O–H groups in total. The molecule has 0 aromatic heterocycles. The Morgan fingerprint density at radius 1 is 1.21 bits per heavy atom. The van der Waals surface area contributed by atoms with Gasteiger partial charge in [-0.15, -0.1) is 11.8 Å². The summed E-state index contributed by atoms with van der Waals surface area (Å²) < 4.78 is 4.83. The lowest BCUT2D eigenvalue weighted by Gasteiger charge is -2.31. The van der Waals surface area contributed by atoms with Gasteiger partial charge in [-0.3, -0.25) is 9.59 Å². The second kappa shape index (κ2) is 8.96. The highest BCUT2D eigenvalue weighted by atomic mass is 35.5. The van der Waals surface area contributed by atoms with E-state index in [-0.39, 0.29) is 0 Å². The highest BCUT2D eigenvalue weighted by Gasteiger charge is 2.44. The van der Waals surface area contributed by atoms with Crippen molar-refractivity contribution in [2.45, 2.75) is 11.7 Å². The van der Waals surface area contributed by atoms with Gasteiger partial charge in [0, 0.05) is 16.7 Å². The molecule has 0 aliphatic carbocycles. The van der Waals surface area contributed by atoms with Crippen LogP contribution in [0.15, 0.2) is 65.2 Å². The lowest BCUT2D eigenvalue weighted by atomic mass is 9.78. The molecule has 0 spiro atoms. The molecule has 1 aliphatic rings. The number of benzene rings is 2. The Balaban J connectivity index is 2.05. The van der Waals surface area contributed by atoms with Gasteiger partial charge in [-0.1, -0.05) is 60.1 Å². The Kier molecular flexibility index (Phi) is 6.40. The molecule has 1 aliphatic heterocycles. The zero-order chi connectivity index (χ0) is 20.1. The molecular formula is C21H17ClN2O3S. The van der Waals surface area contributed by atoms with Gasteiger partial charge in [0.1, 0.15) is 5.92 Å². The summed E-state index contributed by atoms with van der Waals surface area (Å²) in [5, 5.41) is 13.4. The number of allylic oxidation sites excluding steroid dienone is 1. The predicted octanol–water partition coefficient (Wildman–Crippen LogP) is 4.01. The highest BCUT2D eigenvalue weighted by Crippen LogP contribution is 2.42. The van der Waals surface area contributed by atoms with Gasteiger partial charge in [0.25, 0.3) is 0 Å². The first-order valence-corrected chi connectivity index (χ1v) is 9.87. The van der Waals surface area contributed by atoms with Crippen LogP contribution in [-0.2, 0) is 20.1 Å². The molecule has 2 aromatic carbocycles. The van der Waals surface area contributed by atoms with Crippen LogP contribution in [0.4, 0.5) is 0 Å². The minimum absolute atomic E-state index is 0.295. The van der Waals surface area contributed by atoms with Crippen molar-refractivity contribution in [3.8, 4) is 6.07 Å². The van der Waals surface area contributed by atoms with Gasteiger partial charge in [0.15, 0.2) is 0 Å². The van der Waals surface area contributed by atoms with Crippen molar-refractivity contribution in [3.05, 3.63) is 81.3 Å². The molecule has 0 unspecified atom stereocenters. The van der Waals surface area contributed by atoms with Gasteiger partial charge >= 0.3 is 5.97 Å². The average molecular weight is 413 g/mol. The topological polar surface area (TPSA) is 79.2 Å². The predicted molar refractivity (Wildman–Crippen MR) is 108 cm³/mol. The molecule has 0 saturated carbocycles. The van der Waals surface area contributed by atoms with Crippen LogP contribution in [0.3, 0.4) is 0 Å². The van der Waals surface area contributed by atoms with Crippen molar-refractivity contribution < 1.29 is 14.3 Å². The molecule has 142 valence electrons. The summed E-state index contributed by atoms with van der Waals surface area (Å²) in [6.45, 7) is 0. The Morgan fingerprint density at radius 3 is 2.54 bits per heavy atom. The molecule has 5 nitrogen and oxygen atoms in total. The average Bonchev–Trinajstić information content (AvgIpc) is 2.72. The lowest BCUT2D eigenvalue weighted by Crippen LogP contribution is -2.44. The van der Waals surface area contributed by atoms with Crippen LogP contribution < -0.4 is 5.32 Å². The van der Waals surface area contributed by atoms with Crippen molar-refractivity contribution in [1.82, 2.24) is 5.32 Å². The Hall–Kier alpha value is -2.75. The number of ether oxygens (including phenoxy) is 1. The first kappa shape index (κ1) is 20.0. The zero-order valence-electron chi connectivity index (χ0n) is 15.0.